The number of carbonyl (C=O) groups is 2. The highest BCUT2D eigenvalue weighted by Crippen LogP contribution is 2.14. The van der Waals surface area contributed by atoms with E-state index in [4.69, 9.17) is 22.0 Å². The molecule has 0 aliphatic heterocycles. The Bertz CT molecular complexity index is 606. The predicted octanol–water partition coefficient (Wildman–Crippen LogP) is 2.92. The van der Waals surface area contributed by atoms with Crippen LogP contribution in [-0.4, -0.2) is 23.5 Å². The molecule has 7 heteroatoms. The lowest BCUT2D eigenvalue weighted by atomic mass is 10.2. The Morgan fingerprint density at radius 2 is 1.91 bits per heavy atom. The number of carbonyl (C=O) groups excluding carboxylic acids is 1. The number of carboxylic acids is 1. The first-order valence-corrected chi connectivity index (χ1v) is 7.53. The molecule has 0 aliphatic carbocycles. The molecule has 1 aromatic rings. The van der Waals surface area contributed by atoms with Crippen LogP contribution < -0.4 is 10.6 Å². The van der Waals surface area contributed by atoms with Crippen molar-refractivity contribution in [2.24, 2.45) is 0 Å². The van der Waals surface area contributed by atoms with E-state index in [0.29, 0.717) is 23.7 Å². The van der Waals surface area contributed by atoms with Gasteiger partial charge < -0.3 is 15.7 Å². The van der Waals surface area contributed by atoms with Gasteiger partial charge in [-0.2, -0.15) is 5.26 Å². The van der Waals surface area contributed by atoms with Crippen molar-refractivity contribution in [3.05, 3.63) is 41.1 Å². The third-order valence-electron chi connectivity index (χ3n) is 2.93. The smallest absolute Gasteiger partial charge is 0.303 e. The number of benzene rings is 1. The van der Waals surface area contributed by atoms with Crippen LogP contribution in [-0.2, 0) is 9.59 Å². The van der Waals surface area contributed by atoms with Gasteiger partial charge in [0, 0.05) is 29.9 Å². The highest BCUT2D eigenvalue weighted by Gasteiger charge is 2.08. The molecule has 6 nitrogen and oxygen atoms in total. The van der Waals surface area contributed by atoms with E-state index < -0.39 is 11.9 Å². The van der Waals surface area contributed by atoms with Gasteiger partial charge in [0.2, 0.25) is 0 Å². The third-order valence-corrected chi connectivity index (χ3v) is 3.18. The molecule has 0 aliphatic rings. The number of anilines is 1. The molecule has 0 bridgehead atoms. The van der Waals surface area contributed by atoms with Gasteiger partial charge in [0.1, 0.15) is 11.6 Å². The van der Waals surface area contributed by atoms with Gasteiger partial charge >= 0.3 is 5.97 Å². The second kappa shape index (κ2) is 10.2. The molecule has 23 heavy (non-hydrogen) atoms. The maximum Gasteiger partial charge on any atom is 0.303 e. The van der Waals surface area contributed by atoms with Crippen molar-refractivity contribution in [1.29, 1.82) is 5.26 Å². The molecular formula is C16H18ClN3O3. The van der Waals surface area contributed by atoms with Crippen LogP contribution in [0.25, 0.3) is 0 Å². The lowest BCUT2D eigenvalue weighted by molar-refractivity contribution is -0.137. The highest BCUT2D eigenvalue weighted by atomic mass is 35.5. The summed E-state index contributed by atoms with van der Waals surface area (Å²) in [4.78, 5) is 22.3. The summed E-state index contributed by atoms with van der Waals surface area (Å²) in [6.07, 6.45) is 3.67. The molecule has 0 heterocycles. The molecule has 0 atom stereocenters. The first-order chi connectivity index (χ1) is 11.0. The van der Waals surface area contributed by atoms with Crippen molar-refractivity contribution in [1.82, 2.24) is 5.32 Å². The van der Waals surface area contributed by atoms with E-state index in [-0.39, 0.29) is 12.0 Å². The molecule has 0 radical (unpaired) electrons. The largest absolute Gasteiger partial charge is 0.481 e. The Kier molecular flexibility index (Phi) is 8.25. The Balaban J connectivity index is 2.36. The van der Waals surface area contributed by atoms with Gasteiger partial charge in [-0.3, -0.25) is 9.59 Å². The van der Waals surface area contributed by atoms with Crippen LogP contribution in [0.1, 0.15) is 25.7 Å². The number of aliphatic carboxylic acids is 1. The van der Waals surface area contributed by atoms with Gasteiger partial charge in [0.25, 0.3) is 5.91 Å². The SMILES string of the molecule is N#C/C(=C/NCCCCCC(=O)O)C(=O)Nc1ccc(Cl)cc1. The maximum atomic E-state index is 11.9. The minimum absolute atomic E-state index is 0.0366. The van der Waals surface area contributed by atoms with Crippen LogP contribution in [0, 0.1) is 11.3 Å². The number of unbranched alkanes of at least 4 members (excludes halogenated alkanes) is 2. The van der Waals surface area contributed by atoms with E-state index in [1.54, 1.807) is 24.3 Å². The number of nitriles is 1. The second-order valence-electron chi connectivity index (χ2n) is 4.79. The fraction of sp³-hybridized carbons (Fsp3) is 0.312. The monoisotopic (exact) mass is 335 g/mol. The van der Waals surface area contributed by atoms with Crippen LogP contribution in [0.2, 0.25) is 5.02 Å². The highest BCUT2D eigenvalue weighted by molar-refractivity contribution is 6.30. The molecule has 3 N–H and O–H groups in total. The first-order valence-electron chi connectivity index (χ1n) is 7.15. The van der Waals surface area contributed by atoms with Crippen molar-refractivity contribution in [3.8, 4) is 6.07 Å². The standard InChI is InChI=1S/C16H18ClN3O3/c17-13-5-7-14(8-6-13)20-16(23)12(10-18)11-19-9-3-1-2-4-15(21)22/h5-8,11,19H,1-4,9H2,(H,20,23)(H,21,22)/b12-11-. The van der Waals surface area contributed by atoms with Gasteiger partial charge in [-0.25, -0.2) is 0 Å². The molecule has 1 aromatic carbocycles. The minimum Gasteiger partial charge on any atom is -0.481 e. The average molecular weight is 336 g/mol. The molecule has 0 saturated carbocycles. The summed E-state index contributed by atoms with van der Waals surface area (Å²) < 4.78 is 0. The zero-order valence-corrected chi connectivity index (χ0v) is 13.3. The molecule has 1 amide bonds. The average Bonchev–Trinajstić information content (AvgIpc) is 2.52. The van der Waals surface area contributed by atoms with Crippen molar-refractivity contribution in [2.45, 2.75) is 25.7 Å². The van der Waals surface area contributed by atoms with Gasteiger partial charge in [-0.1, -0.05) is 18.0 Å². The third kappa shape index (κ3) is 7.88. The summed E-state index contributed by atoms with van der Waals surface area (Å²) in [5, 5.41) is 23.6. The minimum atomic E-state index is -0.802. The van der Waals surface area contributed by atoms with Crippen molar-refractivity contribution in [3.63, 3.8) is 0 Å². The second-order valence-corrected chi connectivity index (χ2v) is 5.23. The van der Waals surface area contributed by atoms with E-state index in [1.807, 2.05) is 6.07 Å². The van der Waals surface area contributed by atoms with Crippen LogP contribution in [0.15, 0.2) is 36.0 Å². The van der Waals surface area contributed by atoms with Crippen LogP contribution in [0.3, 0.4) is 0 Å². The summed E-state index contributed by atoms with van der Waals surface area (Å²) in [6, 6.07) is 8.40. The summed E-state index contributed by atoms with van der Waals surface area (Å²) in [5.41, 5.74) is 0.514. The normalized spacial score (nSPS) is 10.7. The summed E-state index contributed by atoms with van der Waals surface area (Å²) in [7, 11) is 0. The number of amides is 1. The lowest BCUT2D eigenvalue weighted by Crippen LogP contribution is -2.17. The number of rotatable bonds is 9. The molecule has 1 rings (SSSR count). The summed E-state index contributed by atoms with van der Waals surface area (Å²) in [5.74, 6) is -1.31. The number of nitrogens with one attached hydrogen (secondary N) is 2. The number of hydrogen-bond donors (Lipinski definition) is 3. The van der Waals surface area contributed by atoms with Gasteiger partial charge in [-0.15, -0.1) is 0 Å². The van der Waals surface area contributed by atoms with Gasteiger partial charge in [0.05, 0.1) is 0 Å². The molecule has 0 unspecified atom stereocenters. The Hall–Kier alpha value is -2.52. The van der Waals surface area contributed by atoms with E-state index in [0.717, 1.165) is 12.8 Å². The molecular weight excluding hydrogens is 318 g/mol. The molecule has 0 saturated heterocycles. The first kappa shape index (κ1) is 18.5. The van der Waals surface area contributed by atoms with Crippen LogP contribution in [0.4, 0.5) is 5.69 Å². The zero-order valence-electron chi connectivity index (χ0n) is 12.5. The van der Waals surface area contributed by atoms with Crippen LogP contribution >= 0.6 is 11.6 Å². The quantitative estimate of drug-likeness (QED) is 0.366. The summed E-state index contributed by atoms with van der Waals surface area (Å²) in [6.45, 7) is 0.568. The molecule has 0 fully saturated rings. The predicted molar refractivity (Wildman–Crippen MR) is 87.9 cm³/mol. The van der Waals surface area contributed by atoms with E-state index in [2.05, 4.69) is 10.6 Å². The zero-order chi connectivity index (χ0) is 17.1. The molecule has 0 spiro atoms. The molecule has 0 aromatic heterocycles. The van der Waals surface area contributed by atoms with Crippen molar-refractivity contribution < 1.29 is 14.7 Å². The van der Waals surface area contributed by atoms with Crippen LogP contribution in [0.5, 0.6) is 0 Å². The number of hydrogen-bond acceptors (Lipinski definition) is 4. The lowest BCUT2D eigenvalue weighted by Gasteiger charge is -2.05. The Morgan fingerprint density at radius 1 is 1.22 bits per heavy atom. The summed E-state index contributed by atoms with van der Waals surface area (Å²) >= 11 is 5.76. The Morgan fingerprint density at radius 3 is 2.52 bits per heavy atom. The van der Waals surface area contributed by atoms with Crippen molar-refractivity contribution in [2.75, 3.05) is 11.9 Å². The van der Waals surface area contributed by atoms with Crippen molar-refractivity contribution >= 4 is 29.2 Å². The van der Waals surface area contributed by atoms with E-state index in [1.165, 1.54) is 6.20 Å². The molecule has 122 valence electrons. The van der Waals surface area contributed by atoms with Gasteiger partial charge in [-0.05, 0) is 37.1 Å². The number of nitrogens with zero attached hydrogens (tertiary/aromatic N) is 1. The number of halogens is 1. The van der Waals surface area contributed by atoms with Gasteiger partial charge in [0.15, 0.2) is 0 Å². The van der Waals surface area contributed by atoms with E-state index >= 15 is 0 Å². The number of carboxylic acid groups (broad SMARTS) is 1. The maximum absolute atomic E-state index is 11.9. The fourth-order valence-electron chi connectivity index (χ4n) is 1.73. The Labute approximate surface area is 139 Å². The topological polar surface area (TPSA) is 102 Å². The van der Waals surface area contributed by atoms with E-state index in [9.17, 15) is 9.59 Å². The fourth-order valence-corrected chi connectivity index (χ4v) is 1.86.